The maximum atomic E-state index is 12.3. The zero-order chi connectivity index (χ0) is 15.2. The third kappa shape index (κ3) is 3.54. The molecule has 0 unspecified atom stereocenters. The summed E-state index contributed by atoms with van der Waals surface area (Å²) in [5.41, 5.74) is 0. The van der Waals surface area contributed by atoms with Crippen LogP contribution in [0.5, 0.6) is 0 Å². The number of carbonyl (C=O) groups excluding carboxylic acids is 1. The van der Waals surface area contributed by atoms with Crippen LogP contribution < -0.4 is 10.6 Å². The molecule has 0 bridgehead atoms. The van der Waals surface area contributed by atoms with Crippen LogP contribution in [0.1, 0.15) is 23.8 Å². The number of urea groups is 1. The number of likely N-dealkylation sites (tertiary alicyclic amines) is 1. The van der Waals surface area contributed by atoms with Gasteiger partial charge in [-0.2, -0.15) is 0 Å². The van der Waals surface area contributed by atoms with E-state index in [1.807, 2.05) is 11.0 Å². The molecule has 1 saturated heterocycles. The highest BCUT2D eigenvalue weighted by atomic mass is 32.1. The average Bonchev–Trinajstić information content (AvgIpc) is 3.22. The van der Waals surface area contributed by atoms with Crippen molar-refractivity contribution in [2.24, 2.45) is 0 Å². The molecule has 1 aliphatic heterocycles. The van der Waals surface area contributed by atoms with E-state index in [1.165, 1.54) is 4.88 Å². The first-order valence-corrected chi connectivity index (χ1v) is 8.31. The minimum atomic E-state index is 0.00619. The van der Waals surface area contributed by atoms with E-state index in [2.05, 4.69) is 32.0 Å². The van der Waals surface area contributed by atoms with E-state index < -0.39 is 0 Å². The van der Waals surface area contributed by atoms with Crippen molar-refractivity contribution in [3.8, 4) is 0 Å². The summed E-state index contributed by atoms with van der Waals surface area (Å²) >= 11 is 1.72. The maximum absolute atomic E-state index is 12.3. The van der Waals surface area contributed by atoms with Gasteiger partial charge in [0.25, 0.3) is 0 Å². The lowest BCUT2D eigenvalue weighted by atomic mass is 10.2. The molecule has 0 spiro atoms. The van der Waals surface area contributed by atoms with Crippen LogP contribution in [0.4, 0.5) is 10.7 Å². The Morgan fingerprint density at radius 1 is 1.32 bits per heavy atom. The molecule has 2 aromatic rings. The zero-order valence-electron chi connectivity index (χ0n) is 12.2. The number of carbonyl (C=O) groups is 1. The summed E-state index contributed by atoms with van der Waals surface area (Å²) in [6.07, 6.45) is 5.48. The van der Waals surface area contributed by atoms with Gasteiger partial charge >= 0.3 is 6.03 Å². The maximum Gasteiger partial charge on any atom is 0.318 e. The highest BCUT2D eigenvalue weighted by molar-refractivity contribution is 7.10. The van der Waals surface area contributed by atoms with Crippen LogP contribution in [0.3, 0.4) is 0 Å². The molecule has 0 saturated carbocycles. The molecular weight excluding hydrogens is 298 g/mol. The van der Waals surface area contributed by atoms with Gasteiger partial charge in [-0.05, 0) is 30.4 Å². The van der Waals surface area contributed by atoms with Gasteiger partial charge in [0.05, 0.1) is 6.04 Å². The number of thiophene rings is 1. The number of hydrogen-bond donors (Lipinski definition) is 2. The van der Waals surface area contributed by atoms with Crippen LogP contribution in [-0.2, 0) is 0 Å². The fourth-order valence-electron chi connectivity index (χ4n) is 2.62. The number of nitrogens with one attached hydrogen (secondary N) is 2. The number of aromatic nitrogens is 2. The first-order chi connectivity index (χ1) is 10.8. The largest absolute Gasteiger partial charge is 0.352 e. The summed E-state index contributed by atoms with van der Waals surface area (Å²) in [6.45, 7) is 1.97. The molecule has 1 fully saturated rings. The van der Waals surface area contributed by atoms with E-state index in [-0.39, 0.29) is 12.1 Å². The van der Waals surface area contributed by atoms with Gasteiger partial charge in [-0.25, -0.2) is 14.8 Å². The van der Waals surface area contributed by atoms with Crippen molar-refractivity contribution in [2.45, 2.75) is 18.9 Å². The molecule has 1 atom stereocenters. The number of nitrogens with zero attached hydrogens (tertiary/aromatic N) is 3. The van der Waals surface area contributed by atoms with Crippen molar-refractivity contribution in [3.05, 3.63) is 40.8 Å². The summed E-state index contributed by atoms with van der Waals surface area (Å²) < 4.78 is 0. The Morgan fingerprint density at radius 2 is 2.18 bits per heavy atom. The number of amides is 2. The average molecular weight is 317 g/mol. The minimum Gasteiger partial charge on any atom is -0.352 e. The molecule has 0 aliphatic carbocycles. The van der Waals surface area contributed by atoms with Crippen molar-refractivity contribution in [3.63, 3.8) is 0 Å². The van der Waals surface area contributed by atoms with Crippen molar-refractivity contribution >= 4 is 23.3 Å². The van der Waals surface area contributed by atoms with E-state index in [0.29, 0.717) is 19.0 Å². The minimum absolute atomic E-state index is 0.00619. The lowest BCUT2D eigenvalue weighted by molar-refractivity contribution is 0.194. The predicted molar refractivity (Wildman–Crippen MR) is 86.9 cm³/mol. The molecule has 3 heterocycles. The second kappa shape index (κ2) is 7.22. The third-order valence-corrected chi connectivity index (χ3v) is 4.61. The van der Waals surface area contributed by atoms with Crippen LogP contribution >= 0.6 is 11.3 Å². The number of rotatable bonds is 5. The highest BCUT2D eigenvalue weighted by Crippen LogP contribution is 2.34. The smallest absolute Gasteiger partial charge is 0.318 e. The van der Waals surface area contributed by atoms with E-state index >= 15 is 0 Å². The van der Waals surface area contributed by atoms with Gasteiger partial charge in [0.1, 0.15) is 0 Å². The van der Waals surface area contributed by atoms with Gasteiger partial charge in [-0.15, -0.1) is 11.3 Å². The first kappa shape index (κ1) is 14.8. The normalized spacial score (nSPS) is 17.5. The molecule has 2 aromatic heterocycles. The standard InChI is InChI=1S/C15H19N5OS/c21-15(19-9-8-18-14-16-6-3-7-17-14)20-10-1-4-12(20)13-5-2-11-22-13/h2-3,5-7,11-12H,1,4,8-10H2,(H,19,21)(H,16,17,18)/t12-/m1/s1. The van der Waals surface area contributed by atoms with E-state index in [0.717, 1.165) is 19.4 Å². The Kier molecular flexibility index (Phi) is 4.85. The number of anilines is 1. The number of hydrogen-bond acceptors (Lipinski definition) is 5. The molecule has 0 radical (unpaired) electrons. The molecule has 3 rings (SSSR count). The van der Waals surface area contributed by atoms with Gasteiger partial charge in [-0.3, -0.25) is 0 Å². The SMILES string of the molecule is O=C(NCCNc1ncccn1)N1CCC[C@@H]1c1cccs1. The first-order valence-electron chi connectivity index (χ1n) is 7.43. The Bertz CT molecular complexity index is 589. The van der Waals surface area contributed by atoms with Crippen LogP contribution in [0.25, 0.3) is 0 Å². The van der Waals surface area contributed by atoms with Crippen molar-refractivity contribution in [2.75, 3.05) is 25.0 Å². The van der Waals surface area contributed by atoms with Crippen molar-refractivity contribution < 1.29 is 4.79 Å². The fourth-order valence-corrected chi connectivity index (χ4v) is 3.50. The summed E-state index contributed by atoms with van der Waals surface area (Å²) in [7, 11) is 0. The van der Waals surface area contributed by atoms with Gasteiger partial charge < -0.3 is 15.5 Å². The molecule has 0 aromatic carbocycles. The van der Waals surface area contributed by atoms with E-state index in [1.54, 1.807) is 29.8 Å². The lowest BCUT2D eigenvalue weighted by Crippen LogP contribution is -2.41. The highest BCUT2D eigenvalue weighted by Gasteiger charge is 2.30. The van der Waals surface area contributed by atoms with E-state index in [9.17, 15) is 4.79 Å². The van der Waals surface area contributed by atoms with Crippen molar-refractivity contribution in [1.82, 2.24) is 20.2 Å². The topological polar surface area (TPSA) is 70.1 Å². The molecule has 7 heteroatoms. The van der Waals surface area contributed by atoms with Gasteiger partial charge in [0.2, 0.25) is 5.95 Å². The van der Waals surface area contributed by atoms with Gasteiger partial charge in [0.15, 0.2) is 0 Å². The monoisotopic (exact) mass is 317 g/mol. The Balaban J connectivity index is 1.45. The van der Waals surface area contributed by atoms with Crippen LogP contribution in [0.2, 0.25) is 0 Å². The molecule has 2 N–H and O–H groups in total. The van der Waals surface area contributed by atoms with Crippen LogP contribution in [0, 0.1) is 0 Å². The predicted octanol–water partition coefficient (Wildman–Crippen LogP) is 2.50. The van der Waals surface area contributed by atoms with Crippen LogP contribution in [-0.4, -0.2) is 40.5 Å². The summed E-state index contributed by atoms with van der Waals surface area (Å²) in [5.74, 6) is 0.578. The quantitative estimate of drug-likeness (QED) is 0.831. The fraction of sp³-hybridized carbons (Fsp3) is 0.400. The Labute approximate surface area is 133 Å². The Hall–Kier alpha value is -2.15. The summed E-state index contributed by atoms with van der Waals surface area (Å²) in [5, 5.41) is 8.10. The third-order valence-electron chi connectivity index (χ3n) is 3.64. The Morgan fingerprint density at radius 3 is 2.95 bits per heavy atom. The summed E-state index contributed by atoms with van der Waals surface area (Å²) in [6, 6.07) is 6.15. The van der Waals surface area contributed by atoms with E-state index in [4.69, 9.17) is 0 Å². The second-order valence-corrected chi connectivity index (χ2v) is 6.08. The molecule has 1 aliphatic rings. The molecule has 2 amide bonds. The molecule has 6 nitrogen and oxygen atoms in total. The second-order valence-electron chi connectivity index (χ2n) is 5.10. The molecule has 116 valence electrons. The van der Waals surface area contributed by atoms with Gasteiger partial charge in [-0.1, -0.05) is 6.07 Å². The van der Waals surface area contributed by atoms with Gasteiger partial charge in [0, 0.05) is 36.9 Å². The summed E-state index contributed by atoms with van der Waals surface area (Å²) in [4.78, 5) is 23.7. The zero-order valence-corrected chi connectivity index (χ0v) is 13.1. The molecular formula is C15H19N5OS. The van der Waals surface area contributed by atoms with Crippen LogP contribution in [0.15, 0.2) is 36.0 Å². The molecule has 22 heavy (non-hydrogen) atoms. The van der Waals surface area contributed by atoms with Crippen molar-refractivity contribution in [1.29, 1.82) is 0 Å². The lowest BCUT2D eigenvalue weighted by Gasteiger charge is -2.24.